The SMILES string of the molecule is O=C(O)CCC1CCN(C(=O)NC(C2CC2)C2CC2)CC1. The molecule has 0 radical (unpaired) electrons. The molecule has 3 fully saturated rings. The highest BCUT2D eigenvalue weighted by Gasteiger charge is 2.42. The van der Waals surface area contributed by atoms with Gasteiger partial charge in [0.15, 0.2) is 0 Å². The third-order valence-corrected chi connectivity index (χ3v) is 5.22. The summed E-state index contributed by atoms with van der Waals surface area (Å²) in [6.45, 7) is 1.55. The van der Waals surface area contributed by atoms with E-state index in [0.29, 0.717) is 12.0 Å². The first kappa shape index (κ1) is 14.7. The molecule has 2 N–H and O–H groups in total. The van der Waals surface area contributed by atoms with Gasteiger partial charge in [0.25, 0.3) is 0 Å². The van der Waals surface area contributed by atoms with Crippen molar-refractivity contribution >= 4 is 12.0 Å². The van der Waals surface area contributed by atoms with Gasteiger partial charge >= 0.3 is 12.0 Å². The molecule has 3 rings (SSSR count). The summed E-state index contributed by atoms with van der Waals surface area (Å²) in [7, 11) is 0. The quantitative estimate of drug-likeness (QED) is 0.790. The number of carboxylic acid groups (broad SMARTS) is 1. The summed E-state index contributed by atoms with van der Waals surface area (Å²) < 4.78 is 0. The summed E-state index contributed by atoms with van der Waals surface area (Å²) in [5.74, 6) is 1.21. The van der Waals surface area contributed by atoms with E-state index in [0.717, 1.165) is 44.2 Å². The Hall–Kier alpha value is -1.26. The number of carbonyl (C=O) groups is 2. The molecular weight excluding hydrogens is 268 g/mol. The number of nitrogens with zero attached hydrogens (tertiary/aromatic N) is 1. The van der Waals surface area contributed by atoms with Gasteiger partial charge in [-0.2, -0.15) is 0 Å². The Bertz CT molecular complexity index is 384. The summed E-state index contributed by atoms with van der Waals surface area (Å²) in [5, 5.41) is 12.0. The first-order valence-electron chi connectivity index (χ1n) is 8.40. The molecule has 0 spiro atoms. The third kappa shape index (κ3) is 4.11. The standard InChI is InChI=1S/C16H26N2O3/c19-14(20)6-1-11-7-9-18(10-8-11)16(21)17-15(12-2-3-12)13-4-5-13/h11-13,15H,1-10H2,(H,17,21)(H,19,20). The second-order valence-electron chi connectivity index (χ2n) is 7.01. The fourth-order valence-electron chi connectivity index (χ4n) is 3.52. The van der Waals surface area contributed by atoms with Gasteiger partial charge in [0.05, 0.1) is 0 Å². The van der Waals surface area contributed by atoms with Crippen molar-refractivity contribution in [3.05, 3.63) is 0 Å². The highest BCUT2D eigenvalue weighted by molar-refractivity contribution is 5.74. The van der Waals surface area contributed by atoms with E-state index in [1.54, 1.807) is 0 Å². The highest BCUT2D eigenvalue weighted by atomic mass is 16.4. The lowest BCUT2D eigenvalue weighted by atomic mass is 9.92. The molecule has 0 aromatic heterocycles. The molecule has 0 aromatic carbocycles. The molecule has 0 bridgehead atoms. The normalized spacial score (nSPS) is 23.4. The smallest absolute Gasteiger partial charge is 0.317 e. The van der Waals surface area contributed by atoms with Crippen LogP contribution in [0.4, 0.5) is 4.79 Å². The van der Waals surface area contributed by atoms with E-state index in [9.17, 15) is 9.59 Å². The first-order chi connectivity index (χ1) is 10.1. The van der Waals surface area contributed by atoms with Crippen LogP contribution in [0.25, 0.3) is 0 Å². The van der Waals surface area contributed by atoms with E-state index in [-0.39, 0.29) is 12.5 Å². The number of hydrogen-bond acceptors (Lipinski definition) is 2. The van der Waals surface area contributed by atoms with Gasteiger partial charge in [-0.05, 0) is 62.7 Å². The van der Waals surface area contributed by atoms with Crippen molar-refractivity contribution in [2.24, 2.45) is 17.8 Å². The van der Waals surface area contributed by atoms with E-state index in [1.165, 1.54) is 25.7 Å². The van der Waals surface area contributed by atoms with Crippen molar-refractivity contribution in [3.8, 4) is 0 Å². The van der Waals surface area contributed by atoms with Crippen LogP contribution in [0.1, 0.15) is 51.4 Å². The van der Waals surface area contributed by atoms with Gasteiger partial charge in [0.2, 0.25) is 0 Å². The average molecular weight is 294 g/mol. The number of carboxylic acids is 1. The van der Waals surface area contributed by atoms with Crippen LogP contribution in [0.5, 0.6) is 0 Å². The summed E-state index contributed by atoms with van der Waals surface area (Å²) in [4.78, 5) is 24.9. The zero-order chi connectivity index (χ0) is 14.8. The van der Waals surface area contributed by atoms with E-state index in [2.05, 4.69) is 5.32 Å². The van der Waals surface area contributed by atoms with Gasteiger partial charge in [-0.25, -0.2) is 4.79 Å². The lowest BCUT2D eigenvalue weighted by Gasteiger charge is -2.33. The lowest BCUT2D eigenvalue weighted by molar-refractivity contribution is -0.137. The largest absolute Gasteiger partial charge is 0.481 e. The number of rotatable bonds is 6. The predicted molar refractivity (Wildman–Crippen MR) is 78.9 cm³/mol. The minimum atomic E-state index is -0.716. The van der Waals surface area contributed by atoms with Crippen LogP contribution in [0.2, 0.25) is 0 Å². The Labute approximate surface area is 126 Å². The van der Waals surface area contributed by atoms with Crippen molar-refractivity contribution < 1.29 is 14.7 Å². The summed E-state index contributed by atoms with van der Waals surface area (Å²) in [6.07, 6.45) is 7.99. The van der Waals surface area contributed by atoms with E-state index in [1.807, 2.05) is 4.90 Å². The Balaban J connectivity index is 1.41. The van der Waals surface area contributed by atoms with Crippen LogP contribution in [0, 0.1) is 17.8 Å². The van der Waals surface area contributed by atoms with E-state index >= 15 is 0 Å². The molecule has 118 valence electrons. The Morgan fingerprint density at radius 2 is 1.62 bits per heavy atom. The number of piperidine rings is 1. The van der Waals surface area contributed by atoms with Crippen LogP contribution in [0.15, 0.2) is 0 Å². The van der Waals surface area contributed by atoms with Gasteiger partial charge in [-0.15, -0.1) is 0 Å². The number of nitrogens with one attached hydrogen (secondary N) is 1. The van der Waals surface area contributed by atoms with Crippen LogP contribution >= 0.6 is 0 Å². The molecule has 2 aliphatic carbocycles. The van der Waals surface area contributed by atoms with Gasteiger partial charge in [0.1, 0.15) is 0 Å². The van der Waals surface area contributed by atoms with E-state index < -0.39 is 5.97 Å². The molecule has 0 unspecified atom stereocenters. The third-order valence-electron chi connectivity index (χ3n) is 5.22. The van der Waals surface area contributed by atoms with Crippen molar-refractivity contribution in [3.63, 3.8) is 0 Å². The van der Waals surface area contributed by atoms with Crippen LogP contribution in [-0.4, -0.2) is 41.1 Å². The zero-order valence-corrected chi connectivity index (χ0v) is 12.6. The molecule has 5 nitrogen and oxygen atoms in total. The molecule has 0 aromatic rings. The summed E-state index contributed by atoms with van der Waals surface area (Å²) in [6, 6.07) is 0.526. The maximum atomic E-state index is 12.4. The Morgan fingerprint density at radius 1 is 1.05 bits per heavy atom. The maximum absolute atomic E-state index is 12.4. The molecule has 3 aliphatic rings. The maximum Gasteiger partial charge on any atom is 0.317 e. The molecule has 5 heteroatoms. The second kappa shape index (κ2) is 6.24. The number of aliphatic carboxylic acids is 1. The molecule has 2 saturated carbocycles. The molecule has 0 atom stereocenters. The van der Waals surface area contributed by atoms with Gasteiger partial charge in [-0.1, -0.05) is 0 Å². The highest BCUT2D eigenvalue weighted by Crippen LogP contribution is 2.44. The molecule has 1 heterocycles. The monoisotopic (exact) mass is 294 g/mol. The zero-order valence-electron chi connectivity index (χ0n) is 12.6. The minimum absolute atomic E-state index is 0.107. The van der Waals surface area contributed by atoms with Crippen LogP contribution in [-0.2, 0) is 4.79 Å². The van der Waals surface area contributed by atoms with Crippen molar-refractivity contribution in [2.45, 2.75) is 57.4 Å². The van der Waals surface area contributed by atoms with E-state index in [4.69, 9.17) is 5.11 Å². The van der Waals surface area contributed by atoms with Crippen molar-refractivity contribution in [1.82, 2.24) is 10.2 Å². The molecule has 1 saturated heterocycles. The molecule has 21 heavy (non-hydrogen) atoms. The van der Waals surface area contributed by atoms with Crippen molar-refractivity contribution in [1.29, 1.82) is 0 Å². The molecule has 1 aliphatic heterocycles. The Kier molecular flexibility index (Phi) is 4.36. The van der Waals surface area contributed by atoms with Gasteiger partial charge in [-0.3, -0.25) is 4.79 Å². The second-order valence-corrected chi connectivity index (χ2v) is 7.01. The topological polar surface area (TPSA) is 69.6 Å². The van der Waals surface area contributed by atoms with Crippen LogP contribution in [0.3, 0.4) is 0 Å². The number of carbonyl (C=O) groups excluding carboxylic acids is 1. The summed E-state index contributed by atoms with van der Waals surface area (Å²) >= 11 is 0. The van der Waals surface area contributed by atoms with Crippen molar-refractivity contribution in [2.75, 3.05) is 13.1 Å². The van der Waals surface area contributed by atoms with Crippen LogP contribution < -0.4 is 5.32 Å². The number of hydrogen-bond donors (Lipinski definition) is 2. The molecule has 2 amide bonds. The molecular formula is C16H26N2O3. The predicted octanol–water partition coefficient (Wildman–Crippen LogP) is 2.46. The fourth-order valence-corrected chi connectivity index (χ4v) is 3.52. The number of amides is 2. The van der Waals surface area contributed by atoms with Gasteiger partial charge in [0, 0.05) is 25.6 Å². The summed E-state index contributed by atoms with van der Waals surface area (Å²) in [5.41, 5.74) is 0. The average Bonchev–Trinajstić information content (AvgIpc) is 3.36. The fraction of sp³-hybridized carbons (Fsp3) is 0.875. The Morgan fingerprint density at radius 3 is 2.10 bits per heavy atom. The number of urea groups is 1. The first-order valence-corrected chi connectivity index (χ1v) is 8.40. The van der Waals surface area contributed by atoms with Gasteiger partial charge < -0.3 is 15.3 Å². The minimum Gasteiger partial charge on any atom is -0.481 e. The lowest BCUT2D eigenvalue weighted by Crippen LogP contribution is -2.49. The number of likely N-dealkylation sites (tertiary alicyclic amines) is 1.